The van der Waals surface area contributed by atoms with Crippen LogP contribution in [0.5, 0.6) is 0 Å². The summed E-state index contributed by atoms with van der Waals surface area (Å²) in [5.74, 6) is -0.276. The van der Waals surface area contributed by atoms with Crippen molar-refractivity contribution in [2.24, 2.45) is 0 Å². The molecule has 0 aromatic heterocycles. The van der Waals surface area contributed by atoms with E-state index < -0.39 is 12.0 Å². The predicted molar refractivity (Wildman–Crippen MR) is 65.9 cm³/mol. The van der Waals surface area contributed by atoms with Gasteiger partial charge in [0.1, 0.15) is 6.04 Å². The Morgan fingerprint density at radius 3 is 2.38 bits per heavy atom. The van der Waals surface area contributed by atoms with Crippen molar-refractivity contribution in [1.82, 2.24) is 10.2 Å². The summed E-state index contributed by atoms with van der Waals surface area (Å²) in [6, 6.07) is -1.10. The summed E-state index contributed by atoms with van der Waals surface area (Å²) >= 11 is 1.56. The van der Waals surface area contributed by atoms with E-state index in [4.69, 9.17) is 5.11 Å². The van der Waals surface area contributed by atoms with Crippen molar-refractivity contribution in [3.8, 4) is 0 Å². The number of amides is 2. The molecule has 0 radical (unpaired) electrons. The van der Waals surface area contributed by atoms with Crippen LogP contribution in [-0.2, 0) is 4.79 Å². The number of nitrogens with zero attached hydrogens (tertiary/aromatic N) is 1. The van der Waals surface area contributed by atoms with Gasteiger partial charge in [-0.3, -0.25) is 0 Å². The second kappa shape index (κ2) is 7.38. The van der Waals surface area contributed by atoms with Crippen molar-refractivity contribution in [3.05, 3.63) is 0 Å². The molecule has 0 saturated carbocycles. The first-order chi connectivity index (χ1) is 7.40. The maximum Gasteiger partial charge on any atom is 0.326 e. The van der Waals surface area contributed by atoms with Crippen LogP contribution in [0.2, 0.25) is 0 Å². The Hall–Kier alpha value is -0.910. The molecule has 0 aromatic carbocycles. The van der Waals surface area contributed by atoms with Crippen molar-refractivity contribution >= 4 is 23.8 Å². The van der Waals surface area contributed by atoms with Gasteiger partial charge in [-0.1, -0.05) is 0 Å². The topological polar surface area (TPSA) is 69.6 Å². The Bertz CT molecular complexity index is 246. The van der Waals surface area contributed by atoms with Gasteiger partial charge in [0.25, 0.3) is 0 Å². The lowest BCUT2D eigenvalue weighted by atomic mass is 10.2. The van der Waals surface area contributed by atoms with Crippen LogP contribution < -0.4 is 5.32 Å². The minimum absolute atomic E-state index is 0.0509. The van der Waals surface area contributed by atoms with Crippen LogP contribution in [0, 0.1) is 0 Å². The summed E-state index contributed by atoms with van der Waals surface area (Å²) in [5.41, 5.74) is 0. The Morgan fingerprint density at radius 1 is 1.44 bits per heavy atom. The summed E-state index contributed by atoms with van der Waals surface area (Å²) in [4.78, 5) is 24.0. The molecule has 2 N–H and O–H groups in total. The summed E-state index contributed by atoms with van der Waals surface area (Å²) in [6.45, 7) is 3.74. The highest BCUT2D eigenvalue weighted by Gasteiger charge is 2.21. The van der Waals surface area contributed by atoms with E-state index in [1.165, 1.54) is 4.90 Å². The molecule has 16 heavy (non-hydrogen) atoms. The van der Waals surface area contributed by atoms with Crippen LogP contribution in [0.15, 0.2) is 0 Å². The quantitative estimate of drug-likeness (QED) is 0.742. The Morgan fingerprint density at radius 2 is 2.00 bits per heavy atom. The number of carboxylic acid groups (broad SMARTS) is 1. The van der Waals surface area contributed by atoms with Crippen LogP contribution in [0.25, 0.3) is 0 Å². The van der Waals surface area contributed by atoms with Gasteiger partial charge in [0.15, 0.2) is 0 Å². The largest absolute Gasteiger partial charge is 0.480 e. The molecule has 0 bridgehead atoms. The fourth-order valence-corrected chi connectivity index (χ4v) is 1.45. The molecule has 0 spiro atoms. The average molecular weight is 248 g/mol. The Kier molecular flexibility index (Phi) is 6.96. The highest BCUT2D eigenvalue weighted by Crippen LogP contribution is 2.02. The SMILES string of the molecule is CSCC[C@@H](NC(=O)N(C)C(C)C)C(=O)O. The van der Waals surface area contributed by atoms with Gasteiger partial charge in [0.2, 0.25) is 0 Å². The number of carbonyl (C=O) groups is 2. The normalized spacial score (nSPS) is 12.3. The predicted octanol–water partition coefficient (Wildman–Crippen LogP) is 1.24. The van der Waals surface area contributed by atoms with Gasteiger partial charge in [-0.25, -0.2) is 9.59 Å². The number of aliphatic carboxylic acids is 1. The summed E-state index contributed by atoms with van der Waals surface area (Å²) in [6.07, 6.45) is 2.34. The first-order valence-electron chi connectivity index (χ1n) is 5.15. The van der Waals surface area contributed by atoms with Gasteiger partial charge >= 0.3 is 12.0 Å². The molecule has 0 heterocycles. The van der Waals surface area contributed by atoms with Gasteiger partial charge in [-0.2, -0.15) is 11.8 Å². The number of rotatable bonds is 6. The van der Waals surface area contributed by atoms with E-state index >= 15 is 0 Å². The number of carbonyl (C=O) groups excluding carboxylic acids is 1. The van der Waals surface area contributed by atoms with E-state index in [1.54, 1.807) is 18.8 Å². The molecule has 0 aromatic rings. The summed E-state index contributed by atoms with van der Waals surface area (Å²) < 4.78 is 0. The van der Waals surface area contributed by atoms with Gasteiger partial charge in [0, 0.05) is 13.1 Å². The first kappa shape index (κ1) is 15.1. The summed E-state index contributed by atoms with van der Waals surface area (Å²) in [7, 11) is 1.65. The zero-order chi connectivity index (χ0) is 12.7. The molecule has 0 aliphatic carbocycles. The number of hydrogen-bond acceptors (Lipinski definition) is 3. The smallest absolute Gasteiger partial charge is 0.326 e. The lowest BCUT2D eigenvalue weighted by Gasteiger charge is -2.24. The number of urea groups is 1. The van der Waals surface area contributed by atoms with E-state index in [0.717, 1.165) is 0 Å². The third kappa shape index (κ3) is 5.25. The number of hydrogen-bond donors (Lipinski definition) is 2. The van der Waals surface area contributed by atoms with Crippen molar-refractivity contribution < 1.29 is 14.7 Å². The fourth-order valence-electron chi connectivity index (χ4n) is 0.978. The van der Waals surface area contributed by atoms with Gasteiger partial charge < -0.3 is 15.3 Å². The number of carboxylic acids is 1. The van der Waals surface area contributed by atoms with E-state index in [0.29, 0.717) is 12.2 Å². The zero-order valence-electron chi connectivity index (χ0n) is 10.2. The van der Waals surface area contributed by atoms with Crippen LogP contribution in [0.3, 0.4) is 0 Å². The zero-order valence-corrected chi connectivity index (χ0v) is 11.0. The van der Waals surface area contributed by atoms with Crippen LogP contribution in [-0.4, -0.2) is 53.1 Å². The monoisotopic (exact) mass is 248 g/mol. The Labute approximate surface area is 101 Å². The second-order valence-corrected chi connectivity index (χ2v) is 4.81. The van der Waals surface area contributed by atoms with Gasteiger partial charge in [-0.05, 0) is 32.3 Å². The van der Waals surface area contributed by atoms with Crippen molar-refractivity contribution in [2.45, 2.75) is 32.4 Å². The molecule has 94 valence electrons. The third-order valence-corrected chi connectivity index (χ3v) is 2.95. The van der Waals surface area contributed by atoms with Crippen LogP contribution >= 0.6 is 11.8 Å². The van der Waals surface area contributed by atoms with E-state index in [2.05, 4.69) is 5.32 Å². The molecule has 2 amide bonds. The lowest BCUT2D eigenvalue weighted by molar-refractivity contribution is -0.139. The fraction of sp³-hybridized carbons (Fsp3) is 0.800. The molecule has 0 rings (SSSR count). The standard InChI is InChI=1S/C10H20N2O3S/c1-7(2)12(3)10(15)11-8(9(13)14)5-6-16-4/h7-8H,5-6H2,1-4H3,(H,11,15)(H,13,14)/t8-/m1/s1. The molecule has 1 atom stereocenters. The van der Waals surface area contributed by atoms with Crippen molar-refractivity contribution in [1.29, 1.82) is 0 Å². The molecule has 0 saturated heterocycles. The summed E-state index contributed by atoms with van der Waals surface area (Å²) in [5, 5.41) is 11.4. The highest BCUT2D eigenvalue weighted by molar-refractivity contribution is 7.98. The highest BCUT2D eigenvalue weighted by atomic mass is 32.2. The van der Waals surface area contributed by atoms with E-state index in [1.807, 2.05) is 20.1 Å². The molecule has 0 aliphatic heterocycles. The first-order valence-corrected chi connectivity index (χ1v) is 6.54. The molecule has 0 unspecified atom stereocenters. The maximum absolute atomic E-state index is 11.6. The minimum atomic E-state index is -0.987. The van der Waals surface area contributed by atoms with Crippen LogP contribution in [0.1, 0.15) is 20.3 Å². The number of nitrogens with one attached hydrogen (secondary N) is 1. The third-order valence-electron chi connectivity index (χ3n) is 2.30. The molecular weight excluding hydrogens is 228 g/mol. The maximum atomic E-state index is 11.6. The second-order valence-electron chi connectivity index (χ2n) is 3.83. The average Bonchev–Trinajstić information content (AvgIpc) is 2.21. The lowest BCUT2D eigenvalue weighted by Crippen LogP contribution is -2.48. The molecule has 0 aliphatic rings. The number of thioether (sulfide) groups is 1. The van der Waals surface area contributed by atoms with E-state index in [9.17, 15) is 9.59 Å². The molecular formula is C10H20N2O3S. The molecule has 6 heteroatoms. The Balaban J connectivity index is 4.28. The molecule has 0 fully saturated rings. The van der Waals surface area contributed by atoms with Crippen molar-refractivity contribution in [3.63, 3.8) is 0 Å². The van der Waals surface area contributed by atoms with Gasteiger partial charge in [0.05, 0.1) is 0 Å². The van der Waals surface area contributed by atoms with Gasteiger partial charge in [-0.15, -0.1) is 0 Å². The van der Waals surface area contributed by atoms with Crippen LogP contribution in [0.4, 0.5) is 4.79 Å². The molecule has 5 nitrogen and oxygen atoms in total. The van der Waals surface area contributed by atoms with Crippen molar-refractivity contribution in [2.75, 3.05) is 19.1 Å². The minimum Gasteiger partial charge on any atom is -0.480 e. The van der Waals surface area contributed by atoms with E-state index in [-0.39, 0.29) is 12.1 Å².